The first kappa shape index (κ1) is 14.5. The average Bonchev–Trinajstić information content (AvgIpc) is 2.68. The Morgan fingerprint density at radius 2 is 2.11 bits per heavy atom. The van der Waals surface area contributed by atoms with Gasteiger partial charge in [-0.2, -0.15) is 0 Å². The minimum absolute atomic E-state index is 0.462. The summed E-state index contributed by atoms with van der Waals surface area (Å²) >= 11 is 19.0. The van der Waals surface area contributed by atoms with Crippen LogP contribution in [0.1, 0.15) is 0 Å². The maximum absolute atomic E-state index is 6.11. The number of thioether (sulfide) groups is 1. The summed E-state index contributed by atoms with van der Waals surface area (Å²) in [5.74, 6) is 6.90. The Kier molecular flexibility index (Phi) is 4.62. The molecule has 2 rings (SSSR count). The summed E-state index contributed by atoms with van der Waals surface area (Å²) in [7, 11) is 0. The van der Waals surface area contributed by atoms with Gasteiger partial charge in [-0.15, -0.1) is 10.2 Å². The van der Waals surface area contributed by atoms with E-state index >= 15 is 0 Å². The molecule has 0 amide bonds. The molecule has 0 fully saturated rings. The van der Waals surface area contributed by atoms with Crippen molar-refractivity contribution in [1.29, 1.82) is 0 Å². The molecular formula is C11H9Cl3N4S. The summed E-state index contributed by atoms with van der Waals surface area (Å²) in [6.07, 6.45) is 0. The molecule has 8 heteroatoms. The lowest BCUT2D eigenvalue weighted by molar-refractivity contribution is 0.851. The first-order valence-electron chi connectivity index (χ1n) is 5.11. The van der Waals surface area contributed by atoms with E-state index in [9.17, 15) is 0 Å². The molecule has 0 unspecified atom stereocenters. The normalized spacial score (nSPS) is 10.7. The molecule has 0 atom stereocenters. The van der Waals surface area contributed by atoms with Crippen molar-refractivity contribution in [2.75, 3.05) is 11.6 Å². The van der Waals surface area contributed by atoms with Crippen LogP contribution >= 0.6 is 46.6 Å². The van der Waals surface area contributed by atoms with E-state index in [0.717, 1.165) is 0 Å². The van der Waals surface area contributed by atoms with Crippen LogP contribution in [0.4, 0.5) is 0 Å². The highest BCUT2D eigenvalue weighted by Gasteiger charge is 2.15. The van der Waals surface area contributed by atoms with Crippen LogP contribution in [0.3, 0.4) is 0 Å². The minimum Gasteiger partial charge on any atom is -0.335 e. The van der Waals surface area contributed by atoms with Crippen molar-refractivity contribution in [2.24, 2.45) is 0 Å². The van der Waals surface area contributed by atoms with E-state index in [1.807, 2.05) is 0 Å². The van der Waals surface area contributed by atoms with Gasteiger partial charge in [0.1, 0.15) is 0 Å². The Balaban J connectivity index is 2.33. The number of benzene rings is 1. The molecule has 2 aromatic rings. The third kappa shape index (κ3) is 3.36. The summed E-state index contributed by atoms with van der Waals surface area (Å²) in [4.78, 5) is 0. The van der Waals surface area contributed by atoms with E-state index in [4.69, 9.17) is 40.6 Å². The molecule has 0 saturated carbocycles. The van der Waals surface area contributed by atoms with Crippen LogP contribution in [0.15, 0.2) is 35.0 Å². The van der Waals surface area contributed by atoms with Gasteiger partial charge in [0.15, 0.2) is 5.82 Å². The van der Waals surface area contributed by atoms with Crippen molar-refractivity contribution in [3.63, 3.8) is 0 Å². The number of hydrogen-bond acceptors (Lipinski definition) is 4. The SMILES string of the molecule is C=C(Cl)CSc1nnc(-c2ccc(Cl)cc2Cl)n1N. The summed E-state index contributed by atoms with van der Waals surface area (Å²) in [5, 5.41) is 10.1. The van der Waals surface area contributed by atoms with Crippen LogP contribution < -0.4 is 5.84 Å². The molecule has 4 nitrogen and oxygen atoms in total. The molecule has 19 heavy (non-hydrogen) atoms. The standard InChI is InChI=1S/C11H9Cl3N4S/c1-6(12)5-19-11-17-16-10(18(11)15)8-3-2-7(13)4-9(8)14/h2-4H,1,5,15H2. The quantitative estimate of drug-likeness (QED) is 0.682. The molecule has 1 heterocycles. The Hall–Kier alpha value is -0.880. The predicted molar refractivity (Wildman–Crippen MR) is 81.3 cm³/mol. The van der Waals surface area contributed by atoms with Gasteiger partial charge >= 0.3 is 0 Å². The fourth-order valence-corrected chi connectivity index (χ4v) is 2.64. The van der Waals surface area contributed by atoms with Crippen LogP contribution in [-0.4, -0.2) is 20.6 Å². The summed E-state index contributed by atoms with van der Waals surface area (Å²) in [6.45, 7) is 3.60. The number of aromatic nitrogens is 3. The van der Waals surface area contributed by atoms with Crippen molar-refractivity contribution < 1.29 is 0 Å². The lowest BCUT2D eigenvalue weighted by atomic mass is 10.2. The second-order valence-electron chi connectivity index (χ2n) is 3.61. The molecule has 0 saturated heterocycles. The number of nitrogen functional groups attached to an aromatic ring is 1. The predicted octanol–water partition coefficient (Wildman–Crippen LogP) is 3.81. The molecule has 0 spiro atoms. The van der Waals surface area contributed by atoms with Crippen LogP contribution in [-0.2, 0) is 0 Å². The molecule has 2 N–H and O–H groups in total. The molecule has 1 aromatic heterocycles. The van der Waals surface area contributed by atoms with E-state index in [1.54, 1.807) is 18.2 Å². The Bertz CT molecular complexity index is 626. The van der Waals surface area contributed by atoms with Gasteiger partial charge in [0.2, 0.25) is 5.16 Å². The monoisotopic (exact) mass is 334 g/mol. The van der Waals surface area contributed by atoms with Gasteiger partial charge in [-0.3, -0.25) is 0 Å². The van der Waals surface area contributed by atoms with Crippen molar-refractivity contribution in [3.8, 4) is 11.4 Å². The zero-order valence-electron chi connectivity index (χ0n) is 9.61. The molecule has 1 aromatic carbocycles. The Labute approximate surface area is 129 Å². The lowest BCUT2D eigenvalue weighted by Crippen LogP contribution is -2.11. The lowest BCUT2D eigenvalue weighted by Gasteiger charge is -2.05. The van der Waals surface area contributed by atoms with E-state index in [1.165, 1.54) is 16.4 Å². The van der Waals surface area contributed by atoms with Crippen molar-refractivity contribution in [3.05, 3.63) is 39.9 Å². The highest BCUT2D eigenvalue weighted by molar-refractivity contribution is 7.99. The summed E-state index contributed by atoms with van der Waals surface area (Å²) in [5.41, 5.74) is 0.664. The largest absolute Gasteiger partial charge is 0.335 e. The van der Waals surface area contributed by atoms with Crippen LogP contribution in [0.5, 0.6) is 0 Å². The summed E-state index contributed by atoms with van der Waals surface area (Å²) in [6, 6.07) is 5.08. The second-order valence-corrected chi connectivity index (χ2v) is 5.93. The third-order valence-electron chi connectivity index (χ3n) is 2.19. The van der Waals surface area contributed by atoms with Crippen molar-refractivity contribution in [1.82, 2.24) is 14.9 Å². The van der Waals surface area contributed by atoms with E-state index in [0.29, 0.717) is 37.4 Å². The van der Waals surface area contributed by atoms with Gasteiger partial charge in [-0.25, -0.2) is 4.68 Å². The van der Waals surface area contributed by atoms with E-state index in [-0.39, 0.29) is 0 Å². The van der Waals surface area contributed by atoms with Crippen LogP contribution in [0.2, 0.25) is 10.0 Å². The van der Waals surface area contributed by atoms with Gasteiger partial charge in [0.05, 0.1) is 5.02 Å². The highest BCUT2D eigenvalue weighted by atomic mass is 35.5. The third-order valence-corrected chi connectivity index (χ3v) is 4.06. The van der Waals surface area contributed by atoms with Crippen molar-refractivity contribution >= 4 is 46.6 Å². The molecule has 0 bridgehead atoms. The van der Waals surface area contributed by atoms with Gasteiger partial charge in [0, 0.05) is 21.4 Å². The number of halogens is 3. The van der Waals surface area contributed by atoms with Crippen LogP contribution in [0.25, 0.3) is 11.4 Å². The second kappa shape index (κ2) is 6.05. The average molecular weight is 336 g/mol. The number of nitrogens with zero attached hydrogens (tertiary/aromatic N) is 3. The number of nitrogens with two attached hydrogens (primary N) is 1. The van der Waals surface area contributed by atoms with Gasteiger partial charge < -0.3 is 5.84 Å². The Morgan fingerprint density at radius 1 is 1.37 bits per heavy atom. The number of hydrogen-bond donors (Lipinski definition) is 1. The smallest absolute Gasteiger partial charge is 0.210 e. The maximum Gasteiger partial charge on any atom is 0.210 e. The van der Waals surface area contributed by atoms with Gasteiger partial charge in [-0.05, 0) is 18.2 Å². The molecule has 0 aliphatic carbocycles. The van der Waals surface area contributed by atoms with Crippen LogP contribution in [0, 0.1) is 0 Å². The van der Waals surface area contributed by atoms with E-state index < -0.39 is 0 Å². The topological polar surface area (TPSA) is 56.7 Å². The zero-order chi connectivity index (χ0) is 14.0. The highest BCUT2D eigenvalue weighted by Crippen LogP contribution is 2.30. The molecule has 0 aliphatic rings. The minimum atomic E-state index is 0.462. The maximum atomic E-state index is 6.11. The fourth-order valence-electron chi connectivity index (χ4n) is 1.37. The van der Waals surface area contributed by atoms with E-state index in [2.05, 4.69) is 16.8 Å². The fraction of sp³-hybridized carbons (Fsp3) is 0.0909. The van der Waals surface area contributed by atoms with Gasteiger partial charge in [-0.1, -0.05) is 53.1 Å². The molecule has 0 aliphatic heterocycles. The Morgan fingerprint density at radius 3 is 2.74 bits per heavy atom. The van der Waals surface area contributed by atoms with Gasteiger partial charge in [0.25, 0.3) is 0 Å². The molecular weight excluding hydrogens is 327 g/mol. The first-order chi connectivity index (χ1) is 8.99. The molecule has 0 radical (unpaired) electrons. The number of rotatable bonds is 4. The summed E-state index contributed by atoms with van der Waals surface area (Å²) < 4.78 is 1.36. The van der Waals surface area contributed by atoms with Crippen molar-refractivity contribution in [2.45, 2.75) is 5.16 Å². The first-order valence-corrected chi connectivity index (χ1v) is 7.23. The zero-order valence-corrected chi connectivity index (χ0v) is 12.7. The molecule has 100 valence electrons.